The van der Waals surface area contributed by atoms with Gasteiger partial charge in [0, 0.05) is 0 Å². The molecule has 6 heteroatoms. The molecule has 0 aromatic heterocycles. The summed E-state index contributed by atoms with van der Waals surface area (Å²) in [6, 6.07) is 0. The quantitative estimate of drug-likeness (QED) is 0.456. The molecular weight excluding hydrogens is 245 g/mol. The van der Waals surface area contributed by atoms with Crippen molar-refractivity contribution in [2.24, 2.45) is 0 Å². The molecule has 0 aromatic rings. The Bertz CT molecular complexity index is 114. The maximum absolute atomic E-state index is 9.33. The van der Waals surface area contributed by atoms with Crippen molar-refractivity contribution >= 4 is 59.3 Å². The van der Waals surface area contributed by atoms with Gasteiger partial charge in [-0.15, -0.1) is 0 Å². The Balaban J connectivity index is 0. The molecule has 0 unspecified atom stereocenters. The van der Waals surface area contributed by atoms with Gasteiger partial charge in [-0.1, -0.05) is 0 Å². The molecule has 0 fully saturated rings. The van der Waals surface area contributed by atoms with Gasteiger partial charge in [0.05, 0.1) is 7.11 Å². The summed E-state index contributed by atoms with van der Waals surface area (Å²) in [5.41, 5.74) is 0. The molecule has 0 bridgehead atoms. The summed E-state index contributed by atoms with van der Waals surface area (Å²) < 4.78 is 29.7. The van der Waals surface area contributed by atoms with Gasteiger partial charge >= 0.3 is 59.3 Å². The Kier molecular flexibility index (Phi) is 6.97. The van der Waals surface area contributed by atoms with Crippen LogP contribution < -0.4 is 0 Å². The molecule has 0 atom stereocenters. The van der Waals surface area contributed by atoms with Crippen LogP contribution in [0.25, 0.3) is 0 Å². The molecule has 0 aliphatic carbocycles. The van der Waals surface area contributed by atoms with E-state index in [1.807, 2.05) is 0 Å². The van der Waals surface area contributed by atoms with Crippen molar-refractivity contribution in [1.29, 1.82) is 0 Å². The summed E-state index contributed by atoms with van der Waals surface area (Å²) in [5, 5.41) is 0. The minimum absolute atomic E-state index is 0. The number of rotatable bonds is 1. The molecule has 7 heavy (non-hydrogen) atoms. The van der Waals surface area contributed by atoms with E-state index in [0.29, 0.717) is 0 Å². The van der Waals surface area contributed by atoms with Crippen LogP contribution in [0.1, 0.15) is 0 Å². The Labute approximate surface area is 82.3 Å². The van der Waals surface area contributed by atoms with Crippen molar-refractivity contribution in [3.63, 3.8) is 0 Å². The number of hydrogen-bond acceptors (Lipinski definition) is 3. The zero-order valence-electron chi connectivity index (χ0n) is 3.08. The molecule has 0 rings (SSSR count). The van der Waals surface area contributed by atoms with Gasteiger partial charge < -0.3 is 0 Å². The second-order valence-corrected chi connectivity index (χ2v) is 1.78. The topological polar surface area (TPSA) is 63.6 Å². The van der Waals surface area contributed by atoms with Crippen molar-refractivity contribution in [3.05, 3.63) is 0 Å². The van der Waals surface area contributed by atoms with Crippen LogP contribution in [0.3, 0.4) is 0 Å². The minimum atomic E-state index is -4.16. The van der Waals surface area contributed by atoms with E-state index in [4.69, 9.17) is 4.55 Å². The van der Waals surface area contributed by atoms with Crippen LogP contribution in [0.5, 0.6) is 0 Å². The molecule has 0 aromatic carbocycles. The average molecular weight is 251 g/mol. The van der Waals surface area contributed by atoms with Gasteiger partial charge in [0.1, 0.15) is 0 Å². The third-order valence-electron chi connectivity index (χ3n) is 0.211. The Morgan fingerprint density at radius 1 is 1.57 bits per heavy atom. The second kappa shape index (κ2) is 4.33. The van der Waals surface area contributed by atoms with E-state index in [0.717, 1.165) is 7.11 Å². The molecule has 0 aliphatic rings. The molecule has 0 spiro atoms. The SMILES string of the molecule is COS(=O)(=O)O.[BaH2]. The third-order valence-corrected chi connectivity index (χ3v) is 0.632. The summed E-state index contributed by atoms with van der Waals surface area (Å²) in [7, 11) is -3.29. The molecule has 42 valence electrons. The molecule has 4 nitrogen and oxygen atoms in total. The second-order valence-electron chi connectivity index (χ2n) is 0.594. The molecule has 0 amide bonds. The van der Waals surface area contributed by atoms with Crippen molar-refractivity contribution in [3.8, 4) is 0 Å². The van der Waals surface area contributed by atoms with E-state index in [-0.39, 0.29) is 48.9 Å². The van der Waals surface area contributed by atoms with Crippen LogP contribution in [0.2, 0.25) is 0 Å². The molecule has 1 N–H and O–H groups in total. The Morgan fingerprint density at radius 3 is 1.71 bits per heavy atom. The van der Waals surface area contributed by atoms with Crippen molar-refractivity contribution in [2.75, 3.05) is 7.11 Å². The summed E-state index contributed by atoms with van der Waals surface area (Å²) in [4.78, 5) is 0. The van der Waals surface area contributed by atoms with E-state index in [2.05, 4.69) is 4.18 Å². The van der Waals surface area contributed by atoms with Gasteiger partial charge in [-0.05, 0) is 0 Å². The zero-order chi connectivity index (χ0) is 5.21. The van der Waals surface area contributed by atoms with Gasteiger partial charge in [-0.2, -0.15) is 8.42 Å². The van der Waals surface area contributed by atoms with Crippen molar-refractivity contribution in [2.45, 2.75) is 0 Å². The molecule has 0 heterocycles. The summed E-state index contributed by atoms with van der Waals surface area (Å²) in [6.07, 6.45) is 0. The van der Waals surface area contributed by atoms with E-state index in [1.165, 1.54) is 0 Å². The zero-order valence-corrected chi connectivity index (χ0v) is 3.90. The first-order valence-electron chi connectivity index (χ1n) is 1.09. The van der Waals surface area contributed by atoms with Crippen LogP contribution in [-0.4, -0.2) is 69.0 Å². The number of hydrogen-bond donors (Lipinski definition) is 1. The van der Waals surface area contributed by atoms with Crippen molar-refractivity contribution in [1.82, 2.24) is 0 Å². The fraction of sp³-hybridized carbons (Fsp3) is 1.00. The molecule has 0 aliphatic heterocycles. The first-order valence-corrected chi connectivity index (χ1v) is 2.46. The van der Waals surface area contributed by atoms with Crippen LogP contribution in [-0.2, 0) is 14.6 Å². The fourth-order valence-electron chi connectivity index (χ4n) is 0. The predicted molar refractivity (Wildman–Crippen MR) is 27.1 cm³/mol. The van der Waals surface area contributed by atoms with Crippen LogP contribution >= 0.6 is 0 Å². The van der Waals surface area contributed by atoms with Gasteiger partial charge in [-0.25, -0.2) is 0 Å². The summed E-state index contributed by atoms with van der Waals surface area (Å²) in [5.74, 6) is 0. The van der Waals surface area contributed by atoms with Gasteiger partial charge in [0.15, 0.2) is 0 Å². The first kappa shape index (κ1) is 11.3. The van der Waals surface area contributed by atoms with E-state index >= 15 is 0 Å². The Morgan fingerprint density at radius 2 is 1.71 bits per heavy atom. The van der Waals surface area contributed by atoms with Crippen LogP contribution in [0, 0.1) is 0 Å². The van der Waals surface area contributed by atoms with Gasteiger partial charge in [-0.3, -0.25) is 8.74 Å². The van der Waals surface area contributed by atoms with Gasteiger partial charge in [0.2, 0.25) is 0 Å². The third kappa shape index (κ3) is 11.2. The van der Waals surface area contributed by atoms with E-state index in [9.17, 15) is 8.42 Å². The molecule has 0 radical (unpaired) electrons. The summed E-state index contributed by atoms with van der Waals surface area (Å²) in [6.45, 7) is 0. The summed E-state index contributed by atoms with van der Waals surface area (Å²) >= 11 is 0. The van der Waals surface area contributed by atoms with Crippen LogP contribution in [0.4, 0.5) is 0 Å². The Hall–Kier alpha value is 1.44. The predicted octanol–water partition coefficient (Wildman–Crippen LogP) is -1.48. The van der Waals surface area contributed by atoms with Crippen molar-refractivity contribution < 1.29 is 17.2 Å². The molecular formula is CH6BaO4S. The first-order chi connectivity index (χ1) is 2.56. The normalized spacial score (nSPS) is 10.0. The monoisotopic (exact) mass is 252 g/mol. The average Bonchev–Trinajstić information content (AvgIpc) is 1.35. The molecule has 0 saturated carbocycles. The standard InChI is InChI=1S/CH4O4S.Ba.2H/c1-5-6(2,3)4;;;/h1H3,(H,2,3,4);;;. The van der Waals surface area contributed by atoms with Crippen LogP contribution in [0.15, 0.2) is 0 Å². The van der Waals surface area contributed by atoms with E-state index < -0.39 is 10.4 Å². The fourth-order valence-corrected chi connectivity index (χ4v) is 0. The maximum atomic E-state index is 9.33. The van der Waals surface area contributed by atoms with E-state index in [1.54, 1.807) is 0 Å². The van der Waals surface area contributed by atoms with Gasteiger partial charge in [0.25, 0.3) is 0 Å². The molecule has 0 saturated heterocycles.